The molecule has 10 nitrogen and oxygen atoms in total. The second-order valence-electron chi connectivity index (χ2n) is 8.67. The number of sulfonamides is 1. The van der Waals surface area contributed by atoms with E-state index in [4.69, 9.17) is 25.8 Å². The van der Waals surface area contributed by atoms with Crippen LogP contribution in [0.1, 0.15) is 12.5 Å². The number of likely N-dealkylation sites (N-methyl/N-ethyl adjacent to an activating group) is 1. The Morgan fingerprint density at radius 2 is 1.60 bits per heavy atom. The SMILES string of the molecule is CNC(=O)C(C)N(Cc1cccc(OC)c1)C(=O)CN(c1ccc(Cl)cc1)S(=O)(=O)c1ccc(OC)c(OC)c1. The van der Waals surface area contributed by atoms with E-state index in [0.717, 1.165) is 4.31 Å². The van der Waals surface area contributed by atoms with Crippen LogP contribution in [-0.2, 0) is 26.2 Å². The highest BCUT2D eigenvalue weighted by Gasteiger charge is 2.33. The zero-order valence-corrected chi connectivity index (χ0v) is 24.5. The van der Waals surface area contributed by atoms with E-state index in [-0.39, 0.29) is 22.9 Å². The van der Waals surface area contributed by atoms with Crippen molar-refractivity contribution in [1.29, 1.82) is 0 Å². The van der Waals surface area contributed by atoms with Crippen molar-refractivity contribution >= 4 is 39.1 Å². The fraction of sp³-hybridized carbons (Fsp3) is 0.286. The van der Waals surface area contributed by atoms with Crippen molar-refractivity contribution in [2.75, 3.05) is 39.2 Å². The first-order chi connectivity index (χ1) is 19.0. The van der Waals surface area contributed by atoms with Gasteiger partial charge in [0.15, 0.2) is 11.5 Å². The molecule has 0 spiro atoms. The number of carbonyl (C=O) groups is 2. The Hall–Kier alpha value is -3.96. The number of amides is 2. The Morgan fingerprint density at radius 1 is 0.925 bits per heavy atom. The van der Waals surface area contributed by atoms with Crippen LogP contribution in [0.25, 0.3) is 0 Å². The zero-order valence-electron chi connectivity index (χ0n) is 22.9. The molecule has 1 atom stereocenters. The second-order valence-corrected chi connectivity index (χ2v) is 11.0. The number of methoxy groups -OCH3 is 3. The minimum absolute atomic E-state index is 0.0372. The van der Waals surface area contributed by atoms with Crippen molar-refractivity contribution in [3.05, 3.63) is 77.3 Å². The van der Waals surface area contributed by atoms with Crippen molar-refractivity contribution in [2.45, 2.75) is 24.4 Å². The van der Waals surface area contributed by atoms with Crippen LogP contribution in [0.4, 0.5) is 5.69 Å². The van der Waals surface area contributed by atoms with Gasteiger partial charge in [-0.15, -0.1) is 0 Å². The van der Waals surface area contributed by atoms with Crippen molar-refractivity contribution in [3.8, 4) is 17.2 Å². The van der Waals surface area contributed by atoms with Gasteiger partial charge in [-0.05, 0) is 61.0 Å². The van der Waals surface area contributed by atoms with Crippen molar-refractivity contribution in [1.82, 2.24) is 10.2 Å². The summed E-state index contributed by atoms with van der Waals surface area (Å²) >= 11 is 6.06. The van der Waals surface area contributed by atoms with E-state index < -0.39 is 34.4 Å². The summed E-state index contributed by atoms with van der Waals surface area (Å²) in [7, 11) is 1.53. The molecular formula is C28H32ClN3O7S. The van der Waals surface area contributed by atoms with Crippen LogP contribution in [0.3, 0.4) is 0 Å². The number of hydrogen-bond acceptors (Lipinski definition) is 7. The minimum atomic E-state index is -4.30. The average Bonchev–Trinajstić information content (AvgIpc) is 2.97. The summed E-state index contributed by atoms with van der Waals surface area (Å²) in [4.78, 5) is 27.7. The maximum absolute atomic E-state index is 14.0. The number of ether oxygens (including phenoxy) is 3. The molecule has 1 N–H and O–H groups in total. The molecule has 3 rings (SSSR count). The lowest BCUT2D eigenvalue weighted by atomic mass is 10.1. The molecule has 3 aromatic rings. The number of nitrogens with zero attached hydrogens (tertiary/aromatic N) is 2. The van der Waals surface area contributed by atoms with E-state index in [2.05, 4.69) is 5.32 Å². The molecule has 0 aliphatic heterocycles. The third kappa shape index (κ3) is 6.97. The smallest absolute Gasteiger partial charge is 0.264 e. The molecule has 1 unspecified atom stereocenters. The third-order valence-corrected chi connectivity index (χ3v) is 8.26. The van der Waals surface area contributed by atoms with Gasteiger partial charge in [0.05, 0.1) is 31.9 Å². The summed E-state index contributed by atoms with van der Waals surface area (Å²) in [6, 6.07) is 16.4. The van der Waals surface area contributed by atoms with Gasteiger partial charge in [0.2, 0.25) is 11.8 Å². The van der Waals surface area contributed by atoms with Crippen molar-refractivity contribution in [3.63, 3.8) is 0 Å². The molecule has 0 heterocycles. The summed E-state index contributed by atoms with van der Waals surface area (Å²) < 4.78 is 44.7. The molecule has 0 bridgehead atoms. The van der Waals surface area contributed by atoms with Gasteiger partial charge in [-0.1, -0.05) is 23.7 Å². The summed E-state index contributed by atoms with van der Waals surface area (Å²) in [5, 5.41) is 2.94. The summed E-state index contributed by atoms with van der Waals surface area (Å²) in [5.41, 5.74) is 0.908. The van der Waals surface area contributed by atoms with Crippen LogP contribution in [0.2, 0.25) is 5.02 Å². The lowest BCUT2D eigenvalue weighted by Gasteiger charge is -2.32. The molecule has 0 aliphatic carbocycles. The molecule has 214 valence electrons. The van der Waals surface area contributed by atoms with Gasteiger partial charge in [-0.25, -0.2) is 8.42 Å². The molecule has 2 amide bonds. The third-order valence-electron chi connectivity index (χ3n) is 6.24. The van der Waals surface area contributed by atoms with Gasteiger partial charge in [0.25, 0.3) is 10.0 Å². The molecule has 0 saturated carbocycles. The highest BCUT2D eigenvalue weighted by atomic mass is 35.5. The first-order valence-corrected chi connectivity index (χ1v) is 14.0. The van der Waals surface area contributed by atoms with Gasteiger partial charge in [-0.3, -0.25) is 13.9 Å². The maximum Gasteiger partial charge on any atom is 0.264 e. The van der Waals surface area contributed by atoms with E-state index >= 15 is 0 Å². The molecule has 0 fully saturated rings. The number of carbonyl (C=O) groups excluding carboxylic acids is 2. The van der Waals surface area contributed by atoms with Gasteiger partial charge in [0.1, 0.15) is 18.3 Å². The number of rotatable bonds is 12. The van der Waals surface area contributed by atoms with Crippen LogP contribution in [0.15, 0.2) is 71.6 Å². The monoisotopic (exact) mass is 589 g/mol. The molecular weight excluding hydrogens is 558 g/mol. The van der Waals surface area contributed by atoms with E-state index in [1.165, 1.54) is 75.7 Å². The zero-order chi connectivity index (χ0) is 29.4. The normalized spacial score (nSPS) is 11.8. The lowest BCUT2D eigenvalue weighted by molar-refractivity contribution is -0.139. The first kappa shape index (κ1) is 30.6. The van der Waals surface area contributed by atoms with Gasteiger partial charge >= 0.3 is 0 Å². The minimum Gasteiger partial charge on any atom is -0.497 e. The van der Waals surface area contributed by atoms with Crippen molar-refractivity contribution < 1.29 is 32.2 Å². The van der Waals surface area contributed by atoms with Crippen LogP contribution < -0.4 is 23.8 Å². The summed E-state index contributed by atoms with van der Waals surface area (Å²) in [6.45, 7) is 1.02. The first-order valence-electron chi connectivity index (χ1n) is 12.2. The van der Waals surface area contributed by atoms with Gasteiger partial charge in [-0.2, -0.15) is 0 Å². The second kappa shape index (κ2) is 13.4. The maximum atomic E-state index is 14.0. The van der Waals surface area contributed by atoms with Gasteiger partial charge < -0.3 is 24.4 Å². The molecule has 0 radical (unpaired) electrons. The standard InChI is InChI=1S/C28H32ClN3O7S/c1-19(28(34)30-2)31(17-20-7-6-8-23(15-20)37-3)27(33)18-32(22-11-9-21(29)10-12-22)40(35,36)24-13-14-25(38-4)26(16-24)39-5/h6-16,19H,17-18H2,1-5H3,(H,30,34). The predicted molar refractivity (Wildman–Crippen MR) is 153 cm³/mol. The molecule has 12 heteroatoms. The van der Waals surface area contributed by atoms with Crippen LogP contribution in [0.5, 0.6) is 17.2 Å². The lowest BCUT2D eigenvalue weighted by Crippen LogP contribution is -2.50. The van der Waals surface area contributed by atoms with Crippen LogP contribution in [0, 0.1) is 0 Å². The molecule has 3 aromatic carbocycles. The summed E-state index contributed by atoms with van der Waals surface area (Å²) in [6.07, 6.45) is 0. The highest BCUT2D eigenvalue weighted by Crippen LogP contribution is 2.32. The predicted octanol–water partition coefficient (Wildman–Crippen LogP) is 3.72. The quantitative estimate of drug-likeness (QED) is 0.342. The Morgan fingerprint density at radius 3 is 2.20 bits per heavy atom. The molecule has 0 saturated heterocycles. The van der Waals surface area contributed by atoms with E-state index in [0.29, 0.717) is 22.1 Å². The average molecular weight is 590 g/mol. The van der Waals surface area contributed by atoms with Crippen molar-refractivity contribution in [2.24, 2.45) is 0 Å². The van der Waals surface area contributed by atoms with E-state index in [1.54, 1.807) is 31.2 Å². The Bertz CT molecular complexity index is 1450. The Labute approximate surface area is 239 Å². The topological polar surface area (TPSA) is 114 Å². The Kier molecular flexibility index (Phi) is 10.2. The van der Waals surface area contributed by atoms with Gasteiger partial charge in [0, 0.05) is 24.7 Å². The van der Waals surface area contributed by atoms with E-state index in [9.17, 15) is 18.0 Å². The Balaban J connectivity index is 2.07. The molecule has 0 aliphatic rings. The molecule has 40 heavy (non-hydrogen) atoms. The highest BCUT2D eigenvalue weighted by molar-refractivity contribution is 7.92. The number of benzene rings is 3. The summed E-state index contributed by atoms with van der Waals surface area (Å²) in [5.74, 6) is 0.129. The number of halogens is 1. The number of anilines is 1. The molecule has 0 aromatic heterocycles. The largest absolute Gasteiger partial charge is 0.497 e. The fourth-order valence-corrected chi connectivity index (χ4v) is 5.56. The number of hydrogen-bond donors (Lipinski definition) is 1. The van der Waals surface area contributed by atoms with Crippen LogP contribution in [-0.4, -0.2) is 66.1 Å². The number of nitrogens with one attached hydrogen (secondary N) is 1. The fourth-order valence-electron chi connectivity index (χ4n) is 4.00. The van der Waals surface area contributed by atoms with Crippen LogP contribution >= 0.6 is 11.6 Å². The van der Waals surface area contributed by atoms with E-state index in [1.807, 2.05) is 0 Å².